The van der Waals surface area contributed by atoms with Gasteiger partial charge in [0.2, 0.25) is 0 Å². The summed E-state index contributed by atoms with van der Waals surface area (Å²) in [5.74, 6) is -0.277. The fraction of sp³-hybridized carbons (Fsp3) is 0.875. The molecule has 4 heteroatoms. The van der Waals surface area contributed by atoms with Crippen LogP contribution >= 0.6 is 0 Å². The lowest BCUT2D eigenvalue weighted by Crippen LogP contribution is -2.33. The third-order valence-corrected chi connectivity index (χ3v) is 4.71. The Balaban J connectivity index is 1.37. The molecule has 0 spiro atoms. The minimum atomic E-state index is -0.277. The SMILES string of the molecule is C/C(=C\CC[C@@]12CCC[C@@H](CO1)O2)CC[C@H]1O[C@@H]1CO. The van der Waals surface area contributed by atoms with Gasteiger partial charge in [-0.1, -0.05) is 11.6 Å². The van der Waals surface area contributed by atoms with Crippen molar-refractivity contribution in [1.82, 2.24) is 0 Å². The summed E-state index contributed by atoms with van der Waals surface area (Å²) in [6.45, 7) is 3.12. The number of hydrogen-bond donors (Lipinski definition) is 1. The summed E-state index contributed by atoms with van der Waals surface area (Å²) in [7, 11) is 0. The fourth-order valence-corrected chi connectivity index (χ4v) is 3.35. The molecule has 0 aliphatic carbocycles. The maximum atomic E-state index is 8.92. The summed E-state index contributed by atoms with van der Waals surface area (Å²) < 4.78 is 17.2. The lowest BCUT2D eigenvalue weighted by atomic mass is 9.98. The van der Waals surface area contributed by atoms with Crippen LogP contribution in [0.2, 0.25) is 0 Å². The standard InChI is InChI=1S/C16H26O4/c1-12(6-7-14-15(10-17)19-14)4-2-8-16-9-3-5-13(20-16)11-18-16/h4,13-15,17H,2-3,5-11H2,1H3/b12-4+/t13-,14+,15+,16+/m0/s1. The van der Waals surface area contributed by atoms with Gasteiger partial charge in [-0.25, -0.2) is 0 Å². The minimum Gasteiger partial charge on any atom is -0.394 e. The van der Waals surface area contributed by atoms with E-state index in [0.29, 0.717) is 6.10 Å². The second-order valence-electron chi connectivity index (χ2n) is 6.38. The molecule has 1 N–H and O–H groups in total. The lowest BCUT2D eigenvalue weighted by Gasteiger charge is -2.31. The first-order chi connectivity index (χ1) is 9.71. The van der Waals surface area contributed by atoms with Gasteiger partial charge in [0.25, 0.3) is 0 Å². The second kappa shape index (κ2) is 6.14. The van der Waals surface area contributed by atoms with E-state index in [1.807, 2.05) is 0 Å². The third kappa shape index (κ3) is 3.42. The van der Waals surface area contributed by atoms with Crippen LogP contribution in [0.3, 0.4) is 0 Å². The molecule has 0 aromatic rings. The van der Waals surface area contributed by atoms with Crippen LogP contribution in [0, 0.1) is 0 Å². The number of hydrogen-bond acceptors (Lipinski definition) is 4. The molecule has 4 nitrogen and oxygen atoms in total. The van der Waals surface area contributed by atoms with Crippen molar-refractivity contribution in [2.45, 2.75) is 76.0 Å². The summed E-state index contributed by atoms with van der Waals surface area (Å²) >= 11 is 0. The molecule has 3 aliphatic rings. The van der Waals surface area contributed by atoms with E-state index in [9.17, 15) is 0 Å². The third-order valence-electron chi connectivity index (χ3n) is 4.71. The Kier molecular flexibility index (Phi) is 4.46. The predicted molar refractivity (Wildman–Crippen MR) is 75.4 cm³/mol. The molecule has 3 fully saturated rings. The zero-order valence-corrected chi connectivity index (χ0v) is 12.3. The van der Waals surface area contributed by atoms with E-state index in [-0.39, 0.29) is 24.6 Å². The molecule has 114 valence electrons. The Hall–Kier alpha value is -0.420. The van der Waals surface area contributed by atoms with Gasteiger partial charge < -0.3 is 19.3 Å². The highest BCUT2D eigenvalue weighted by Crippen LogP contribution is 2.39. The van der Waals surface area contributed by atoms with Crippen LogP contribution in [-0.4, -0.2) is 42.4 Å². The van der Waals surface area contributed by atoms with Gasteiger partial charge in [-0.05, 0) is 39.0 Å². The molecule has 3 saturated heterocycles. The molecule has 0 saturated carbocycles. The van der Waals surface area contributed by atoms with Crippen molar-refractivity contribution in [1.29, 1.82) is 0 Å². The fourth-order valence-electron chi connectivity index (χ4n) is 3.35. The van der Waals surface area contributed by atoms with E-state index in [4.69, 9.17) is 19.3 Å². The maximum absolute atomic E-state index is 8.92. The molecule has 0 aromatic carbocycles. The Bertz CT molecular complexity index is 363. The summed E-state index contributed by atoms with van der Waals surface area (Å²) in [6, 6.07) is 0. The lowest BCUT2D eigenvalue weighted by molar-refractivity contribution is -0.191. The van der Waals surface area contributed by atoms with E-state index in [2.05, 4.69) is 13.0 Å². The first-order valence-electron chi connectivity index (χ1n) is 7.94. The molecular formula is C16H26O4. The number of epoxide rings is 1. The first-order valence-corrected chi connectivity index (χ1v) is 7.94. The summed E-state index contributed by atoms with van der Waals surface area (Å²) in [6.07, 6.45) is 10.5. The number of fused-ring (bicyclic) bond motifs is 2. The molecular weight excluding hydrogens is 256 g/mol. The zero-order valence-electron chi connectivity index (χ0n) is 12.3. The predicted octanol–water partition coefficient (Wildman–Crippen LogP) is 2.55. The van der Waals surface area contributed by atoms with E-state index in [1.54, 1.807) is 0 Å². The summed E-state index contributed by atoms with van der Waals surface area (Å²) in [5, 5.41) is 8.92. The van der Waals surface area contributed by atoms with Crippen molar-refractivity contribution in [3.8, 4) is 0 Å². The van der Waals surface area contributed by atoms with E-state index in [1.165, 1.54) is 12.0 Å². The molecule has 2 bridgehead atoms. The van der Waals surface area contributed by atoms with Crippen molar-refractivity contribution >= 4 is 0 Å². The Morgan fingerprint density at radius 3 is 3.10 bits per heavy atom. The minimum absolute atomic E-state index is 0.0983. The van der Waals surface area contributed by atoms with Gasteiger partial charge in [0.15, 0.2) is 5.79 Å². The van der Waals surface area contributed by atoms with E-state index >= 15 is 0 Å². The molecule has 3 aliphatic heterocycles. The molecule has 3 heterocycles. The van der Waals surface area contributed by atoms with Gasteiger partial charge in [-0.3, -0.25) is 0 Å². The van der Waals surface area contributed by atoms with Crippen molar-refractivity contribution < 1.29 is 19.3 Å². The highest BCUT2D eigenvalue weighted by Gasteiger charge is 2.43. The van der Waals surface area contributed by atoms with Crippen LogP contribution in [0.25, 0.3) is 0 Å². The maximum Gasteiger partial charge on any atom is 0.169 e. The van der Waals surface area contributed by atoms with Gasteiger partial charge in [-0.2, -0.15) is 0 Å². The van der Waals surface area contributed by atoms with Crippen molar-refractivity contribution in [3.63, 3.8) is 0 Å². The van der Waals surface area contributed by atoms with Crippen LogP contribution in [0.5, 0.6) is 0 Å². The van der Waals surface area contributed by atoms with Crippen LogP contribution in [-0.2, 0) is 14.2 Å². The Labute approximate surface area is 121 Å². The highest BCUT2D eigenvalue weighted by molar-refractivity contribution is 5.01. The monoisotopic (exact) mass is 282 g/mol. The van der Waals surface area contributed by atoms with Crippen LogP contribution < -0.4 is 0 Å². The Morgan fingerprint density at radius 1 is 1.40 bits per heavy atom. The van der Waals surface area contributed by atoms with Crippen LogP contribution in [0.4, 0.5) is 0 Å². The van der Waals surface area contributed by atoms with Gasteiger partial charge in [0.1, 0.15) is 6.10 Å². The Morgan fingerprint density at radius 2 is 2.30 bits per heavy atom. The molecule has 0 amide bonds. The number of rotatable bonds is 7. The van der Waals surface area contributed by atoms with Crippen molar-refractivity contribution in [2.75, 3.05) is 13.2 Å². The average molecular weight is 282 g/mol. The smallest absolute Gasteiger partial charge is 0.169 e. The molecule has 4 atom stereocenters. The number of aliphatic hydroxyl groups excluding tert-OH is 1. The first kappa shape index (κ1) is 14.5. The van der Waals surface area contributed by atoms with Crippen LogP contribution in [0.15, 0.2) is 11.6 Å². The van der Waals surface area contributed by atoms with Crippen LogP contribution in [0.1, 0.15) is 51.9 Å². The molecule has 0 aromatic heterocycles. The van der Waals surface area contributed by atoms with E-state index < -0.39 is 0 Å². The van der Waals surface area contributed by atoms with Gasteiger partial charge in [0, 0.05) is 12.8 Å². The number of ether oxygens (including phenoxy) is 3. The van der Waals surface area contributed by atoms with E-state index in [0.717, 1.165) is 45.1 Å². The largest absolute Gasteiger partial charge is 0.394 e. The van der Waals surface area contributed by atoms with Crippen molar-refractivity contribution in [2.24, 2.45) is 0 Å². The topological polar surface area (TPSA) is 51.2 Å². The highest BCUT2D eigenvalue weighted by atomic mass is 16.7. The number of aliphatic hydroxyl groups is 1. The number of allylic oxidation sites excluding steroid dienone is 2. The molecule has 3 rings (SSSR count). The quantitative estimate of drug-likeness (QED) is 0.576. The van der Waals surface area contributed by atoms with Gasteiger partial charge >= 0.3 is 0 Å². The summed E-state index contributed by atoms with van der Waals surface area (Å²) in [4.78, 5) is 0. The second-order valence-corrected chi connectivity index (χ2v) is 6.38. The summed E-state index contributed by atoms with van der Waals surface area (Å²) in [5.41, 5.74) is 1.40. The average Bonchev–Trinajstić information content (AvgIpc) is 3.16. The normalized spacial score (nSPS) is 40.1. The molecule has 20 heavy (non-hydrogen) atoms. The zero-order chi connectivity index (χ0) is 14.0. The molecule has 0 unspecified atom stereocenters. The van der Waals surface area contributed by atoms with Gasteiger partial charge in [0.05, 0.1) is 25.4 Å². The van der Waals surface area contributed by atoms with Crippen molar-refractivity contribution in [3.05, 3.63) is 11.6 Å². The van der Waals surface area contributed by atoms with Gasteiger partial charge in [-0.15, -0.1) is 0 Å². The molecule has 0 radical (unpaired) electrons.